The zero-order valence-electron chi connectivity index (χ0n) is 15.0. The summed E-state index contributed by atoms with van der Waals surface area (Å²) in [6.07, 6.45) is -0.217. The fraction of sp³-hybridized carbons (Fsp3) is 0.474. The van der Waals surface area contributed by atoms with Gasteiger partial charge in [0.1, 0.15) is 25.1 Å². The third-order valence-electron chi connectivity index (χ3n) is 3.10. The number of hydrogen-bond donors (Lipinski definition) is 1. The summed E-state index contributed by atoms with van der Waals surface area (Å²) in [4.78, 5) is 22.9. The first-order chi connectivity index (χ1) is 11.8. The van der Waals surface area contributed by atoms with E-state index in [0.29, 0.717) is 6.42 Å². The zero-order valence-corrected chi connectivity index (χ0v) is 15.0. The Labute approximate surface area is 148 Å². The molecule has 0 bridgehead atoms. The van der Waals surface area contributed by atoms with Crippen LogP contribution in [0.4, 0.5) is 0 Å². The topological polar surface area (TPSA) is 82.1 Å². The van der Waals surface area contributed by atoms with Crippen molar-refractivity contribution in [3.05, 3.63) is 42.0 Å². The van der Waals surface area contributed by atoms with Gasteiger partial charge in [0.2, 0.25) is 0 Å². The second-order valence-corrected chi connectivity index (χ2v) is 6.03. The maximum atomic E-state index is 11.7. The summed E-state index contributed by atoms with van der Waals surface area (Å²) in [5.74, 6) is -0.225. The molecule has 1 N–H and O–H groups in total. The number of benzene rings is 1. The SMILES string of the molecule is C=C(C)C(=O)OCC(O)COC(=O)CCc1ccc(OC(C)C)cc1. The van der Waals surface area contributed by atoms with Gasteiger partial charge in [0, 0.05) is 12.0 Å². The van der Waals surface area contributed by atoms with Gasteiger partial charge in [-0.15, -0.1) is 0 Å². The Kier molecular flexibility index (Phi) is 8.70. The van der Waals surface area contributed by atoms with Crippen LogP contribution in [-0.4, -0.2) is 42.5 Å². The smallest absolute Gasteiger partial charge is 0.333 e. The number of esters is 2. The van der Waals surface area contributed by atoms with Crippen molar-refractivity contribution in [1.82, 2.24) is 0 Å². The van der Waals surface area contributed by atoms with Crippen molar-refractivity contribution in [2.75, 3.05) is 13.2 Å². The van der Waals surface area contributed by atoms with Crippen molar-refractivity contribution in [1.29, 1.82) is 0 Å². The van der Waals surface area contributed by atoms with Crippen LogP contribution < -0.4 is 4.74 Å². The van der Waals surface area contributed by atoms with Crippen LogP contribution in [0.15, 0.2) is 36.4 Å². The van der Waals surface area contributed by atoms with E-state index in [9.17, 15) is 14.7 Å². The van der Waals surface area contributed by atoms with Gasteiger partial charge in [-0.05, 0) is 44.9 Å². The summed E-state index contributed by atoms with van der Waals surface area (Å²) in [6.45, 7) is 8.39. The van der Waals surface area contributed by atoms with Gasteiger partial charge in [-0.1, -0.05) is 18.7 Å². The van der Waals surface area contributed by atoms with Crippen LogP contribution in [0.1, 0.15) is 32.8 Å². The zero-order chi connectivity index (χ0) is 18.8. The molecule has 1 aromatic carbocycles. The van der Waals surface area contributed by atoms with E-state index in [4.69, 9.17) is 14.2 Å². The number of ether oxygens (including phenoxy) is 3. The van der Waals surface area contributed by atoms with E-state index in [2.05, 4.69) is 6.58 Å². The Morgan fingerprint density at radius 3 is 2.28 bits per heavy atom. The highest BCUT2D eigenvalue weighted by atomic mass is 16.6. The van der Waals surface area contributed by atoms with E-state index in [-0.39, 0.29) is 31.3 Å². The highest BCUT2D eigenvalue weighted by molar-refractivity contribution is 5.86. The Morgan fingerprint density at radius 1 is 1.12 bits per heavy atom. The summed E-state index contributed by atoms with van der Waals surface area (Å²) in [7, 11) is 0. The summed E-state index contributed by atoms with van der Waals surface area (Å²) in [5, 5.41) is 9.62. The molecule has 6 nitrogen and oxygen atoms in total. The average Bonchev–Trinajstić information content (AvgIpc) is 2.56. The molecule has 0 fully saturated rings. The normalized spacial score (nSPS) is 11.7. The summed E-state index contributed by atoms with van der Waals surface area (Å²) in [6, 6.07) is 7.52. The van der Waals surface area contributed by atoms with Crippen molar-refractivity contribution in [3.8, 4) is 5.75 Å². The number of carbonyl (C=O) groups excluding carboxylic acids is 2. The molecule has 0 aliphatic carbocycles. The van der Waals surface area contributed by atoms with Gasteiger partial charge in [0.15, 0.2) is 0 Å². The molecule has 1 rings (SSSR count). The molecule has 1 atom stereocenters. The molecule has 0 heterocycles. The number of hydrogen-bond acceptors (Lipinski definition) is 6. The predicted octanol–water partition coefficient (Wildman–Crippen LogP) is 2.43. The minimum Gasteiger partial charge on any atom is -0.491 e. The predicted molar refractivity (Wildman–Crippen MR) is 93.3 cm³/mol. The first kappa shape index (κ1) is 20.7. The molecule has 1 unspecified atom stereocenters. The van der Waals surface area contributed by atoms with Gasteiger partial charge in [-0.3, -0.25) is 4.79 Å². The van der Waals surface area contributed by atoms with Gasteiger partial charge >= 0.3 is 11.9 Å². The molecular weight excluding hydrogens is 324 g/mol. The molecule has 0 saturated heterocycles. The lowest BCUT2D eigenvalue weighted by Gasteiger charge is -2.12. The molecule has 25 heavy (non-hydrogen) atoms. The van der Waals surface area contributed by atoms with Gasteiger partial charge in [0.05, 0.1) is 6.10 Å². The summed E-state index contributed by atoms with van der Waals surface area (Å²) in [5.41, 5.74) is 1.23. The lowest BCUT2D eigenvalue weighted by atomic mass is 10.1. The molecule has 0 aliphatic heterocycles. The fourth-order valence-corrected chi connectivity index (χ4v) is 1.86. The quantitative estimate of drug-likeness (QED) is 0.515. The number of carbonyl (C=O) groups is 2. The maximum absolute atomic E-state index is 11.7. The van der Waals surface area contributed by atoms with E-state index in [1.807, 2.05) is 38.1 Å². The van der Waals surface area contributed by atoms with E-state index in [1.54, 1.807) is 0 Å². The van der Waals surface area contributed by atoms with Crippen molar-refractivity contribution in [2.24, 2.45) is 0 Å². The molecule has 0 aliphatic rings. The van der Waals surface area contributed by atoms with E-state index < -0.39 is 18.0 Å². The minimum absolute atomic E-state index is 0.113. The Morgan fingerprint density at radius 2 is 1.72 bits per heavy atom. The van der Waals surface area contributed by atoms with Crippen LogP contribution in [0.25, 0.3) is 0 Å². The Bertz CT molecular complexity index is 576. The molecule has 1 aromatic rings. The van der Waals surface area contributed by atoms with E-state index in [0.717, 1.165) is 11.3 Å². The molecule has 6 heteroatoms. The molecule has 0 amide bonds. The second kappa shape index (κ2) is 10.5. The highest BCUT2D eigenvalue weighted by Crippen LogP contribution is 2.15. The lowest BCUT2D eigenvalue weighted by molar-refractivity contribution is -0.150. The van der Waals surface area contributed by atoms with Crippen LogP contribution >= 0.6 is 0 Å². The van der Waals surface area contributed by atoms with Gasteiger partial charge in [0.25, 0.3) is 0 Å². The van der Waals surface area contributed by atoms with Crippen molar-refractivity contribution < 1.29 is 28.9 Å². The standard InChI is InChI=1S/C19H26O6/c1-13(2)19(22)24-12-16(20)11-23-18(21)10-7-15-5-8-17(9-6-15)25-14(3)4/h5-6,8-9,14,16,20H,1,7,10-12H2,2-4H3. The molecule has 138 valence electrons. The van der Waals surface area contributed by atoms with Crippen molar-refractivity contribution in [3.63, 3.8) is 0 Å². The molecule has 0 aromatic heterocycles. The van der Waals surface area contributed by atoms with Crippen LogP contribution in [0.3, 0.4) is 0 Å². The molecular formula is C19H26O6. The van der Waals surface area contributed by atoms with Crippen LogP contribution in [0.2, 0.25) is 0 Å². The highest BCUT2D eigenvalue weighted by Gasteiger charge is 2.12. The first-order valence-corrected chi connectivity index (χ1v) is 8.20. The Balaban J connectivity index is 2.26. The lowest BCUT2D eigenvalue weighted by Crippen LogP contribution is -2.25. The largest absolute Gasteiger partial charge is 0.491 e. The summed E-state index contributed by atoms with van der Waals surface area (Å²) < 4.78 is 15.3. The molecule has 0 saturated carbocycles. The number of aliphatic hydroxyl groups is 1. The summed E-state index contributed by atoms with van der Waals surface area (Å²) >= 11 is 0. The number of rotatable bonds is 10. The van der Waals surface area contributed by atoms with Crippen LogP contribution in [0.5, 0.6) is 5.75 Å². The third kappa shape index (κ3) is 8.91. The molecule has 0 radical (unpaired) electrons. The second-order valence-electron chi connectivity index (χ2n) is 6.03. The maximum Gasteiger partial charge on any atom is 0.333 e. The van der Waals surface area contributed by atoms with Gasteiger partial charge < -0.3 is 19.3 Å². The third-order valence-corrected chi connectivity index (χ3v) is 3.10. The van der Waals surface area contributed by atoms with E-state index in [1.165, 1.54) is 6.92 Å². The monoisotopic (exact) mass is 350 g/mol. The van der Waals surface area contributed by atoms with Crippen LogP contribution in [-0.2, 0) is 25.5 Å². The number of aliphatic hydroxyl groups excluding tert-OH is 1. The van der Waals surface area contributed by atoms with Gasteiger partial charge in [-0.25, -0.2) is 4.79 Å². The fourth-order valence-electron chi connectivity index (χ4n) is 1.86. The van der Waals surface area contributed by atoms with Gasteiger partial charge in [-0.2, -0.15) is 0 Å². The number of aryl methyl sites for hydroxylation is 1. The first-order valence-electron chi connectivity index (χ1n) is 8.20. The van der Waals surface area contributed by atoms with E-state index >= 15 is 0 Å². The Hall–Kier alpha value is -2.34. The molecule has 0 spiro atoms. The minimum atomic E-state index is -1.06. The average molecular weight is 350 g/mol. The van der Waals surface area contributed by atoms with Crippen molar-refractivity contribution >= 4 is 11.9 Å². The van der Waals surface area contributed by atoms with Crippen LogP contribution in [0, 0.1) is 0 Å². The van der Waals surface area contributed by atoms with Crippen molar-refractivity contribution in [2.45, 2.75) is 45.8 Å².